The predicted octanol–water partition coefficient (Wildman–Crippen LogP) is 6.97. The van der Waals surface area contributed by atoms with Gasteiger partial charge in [0.15, 0.2) is 5.60 Å². The molecule has 1 unspecified atom stereocenters. The topological polar surface area (TPSA) is 27.7 Å². The molecule has 1 atom stereocenters. The lowest BCUT2D eigenvalue weighted by molar-refractivity contribution is 0.146. The van der Waals surface area contributed by atoms with Crippen LogP contribution in [0, 0.1) is 0 Å². The molecule has 2 aliphatic heterocycles. The van der Waals surface area contributed by atoms with E-state index < -0.39 is 5.60 Å². The van der Waals surface area contributed by atoms with Crippen LogP contribution in [0.3, 0.4) is 0 Å². The van der Waals surface area contributed by atoms with Crippen LogP contribution in [0.25, 0.3) is 22.6 Å². The molecule has 0 aliphatic carbocycles. The fraction of sp³-hybridized carbons (Fsp3) is 0.103. The Morgan fingerprint density at radius 3 is 2.47 bits per heavy atom. The molecule has 0 aromatic heterocycles. The summed E-state index contributed by atoms with van der Waals surface area (Å²) in [5.74, 6) is 3.15. The largest absolute Gasteiger partial charge is 0.497 e. The van der Waals surface area contributed by atoms with E-state index in [2.05, 4.69) is 67.6 Å². The van der Waals surface area contributed by atoms with Crippen LogP contribution >= 0.6 is 0 Å². The van der Waals surface area contributed by atoms with E-state index in [0.29, 0.717) is 0 Å². The average molecular weight is 418 g/mol. The van der Waals surface area contributed by atoms with Crippen molar-refractivity contribution in [3.05, 3.63) is 113 Å². The molecule has 0 fully saturated rings. The van der Waals surface area contributed by atoms with E-state index in [1.165, 1.54) is 10.8 Å². The van der Waals surface area contributed by atoms with Crippen molar-refractivity contribution < 1.29 is 14.2 Å². The van der Waals surface area contributed by atoms with Gasteiger partial charge in [-0.2, -0.15) is 0 Å². The predicted molar refractivity (Wildman–Crippen MR) is 128 cm³/mol. The van der Waals surface area contributed by atoms with Gasteiger partial charge in [0.25, 0.3) is 0 Å². The summed E-state index contributed by atoms with van der Waals surface area (Å²) in [7, 11) is 1.66. The first-order chi connectivity index (χ1) is 15.7. The lowest BCUT2D eigenvalue weighted by atomic mass is 9.80. The number of methoxy groups -OCH3 is 1. The van der Waals surface area contributed by atoms with Gasteiger partial charge in [-0.15, -0.1) is 0 Å². The second-order valence-corrected chi connectivity index (χ2v) is 8.15. The summed E-state index contributed by atoms with van der Waals surface area (Å²) in [6, 6.07) is 28.7. The lowest BCUT2D eigenvalue weighted by Gasteiger charge is -2.41. The average Bonchev–Trinajstić information content (AvgIpc) is 2.86. The Hall–Kier alpha value is -3.98. The Labute approximate surface area is 187 Å². The molecule has 2 aliphatic rings. The first-order valence-corrected chi connectivity index (χ1v) is 10.7. The summed E-state index contributed by atoms with van der Waals surface area (Å²) < 4.78 is 18.8. The minimum atomic E-state index is -0.763. The van der Waals surface area contributed by atoms with Crippen molar-refractivity contribution in [2.45, 2.75) is 12.5 Å². The van der Waals surface area contributed by atoms with E-state index in [1.807, 2.05) is 36.4 Å². The number of ether oxygens (including phenoxy) is 3. The highest BCUT2D eigenvalue weighted by molar-refractivity contribution is 5.94. The molecule has 0 radical (unpaired) electrons. The van der Waals surface area contributed by atoms with Crippen molar-refractivity contribution in [2.24, 2.45) is 0 Å². The Balaban J connectivity index is 1.60. The molecule has 4 aromatic rings. The van der Waals surface area contributed by atoms with Crippen LogP contribution in [0.15, 0.2) is 96.6 Å². The van der Waals surface area contributed by atoms with Crippen molar-refractivity contribution in [3.63, 3.8) is 0 Å². The third-order valence-corrected chi connectivity index (χ3v) is 6.42. The molecule has 2 heterocycles. The van der Waals surface area contributed by atoms with Crippen molar-refractivity contribution in [1.29, 1.82) is 0 Å². The molecule has 0 N–H and O–H groups in total. The second kappa shape index (κ2) is 7.03. The van der Waals surface area contributed by atoms with Gasteiger partial charge in [-0.3, -0.25) is 0 Å². The van der Waals surface area contributed by atoms with Gasteiger partial charge < -0.3 is 14.2 Å². The number of fused-ring (bicyclic) bond motifs is 5. The maximum Gasteiger partial charge on any atom is 0.181 e. The van der Waals surface area contributed by atoms with Crippen molar-refractivity contribution in [1.82, 2.24) is 0 Å². The van der Waals surface area contributed by atoms with E-state index in [-0.39, 0.29) is 0 Å². The van der Waals surface area contributed by atoms with Crippen LogP contribution in [-0.2, 0) is 5.60 Å². The highest BCUT2D eigenvalue weighted by atomic mass is 16.5. The van der Waals surface area contributed by atoms with E-state index in [9.17, 15) is 0 Å². The first kappa shape index (κ1) is 18.8. The maximum absolute atomic E-state index is 6.87. The van der Waals surface area contributed by atoms with Gasteiger partial charge >= 0.3 is 0 Å². The summed E-state index contributed by atoms with van der Waals surface area (Å²) in [5.41, 5.74) is 3.32. The first-order valence-electron chi connectivity index (χ1n) is 10.7. The van der Waals surface area contributed by atoms with E-state index in [1.54, 1.807) is 7.11 Å². The summed E-state index contributed by atoms with van der Waals surface area (Å²) in [5, 5.41) is 2.38. The molecule has 4 aromatic carbocycles. The Bertz CT molecular complexity index is 1420. The van der Waals surface area contributed by atoms with Crippen LogP contribution in [0.4, 0.5) is 0 Å². The molecule has 0 amide bonds. The third-order valence-electron chi connectivity index (χ3n) is 6.42. The minimum Gasteiger partial charge on any atom is -0.497 e. The van der Waals surface area contributed by atoms with E-state index in [0.717, 1.165) is 45.3 Å². The van der Waals surface area contributed by atoms with Gasteiger partial charge in [0.2, 0.25) is 0 Å². The van der Waals surface area contributed by atoms with Crippen LogP contribution in [-0.4, -0.2) is 7.11 Å². The van der Waals surface area contributed by atoms with Crippen LogP contribution in [0.5, 0.6) is 17.2 Å². The zero-order valence-electron chi connectivity index (χ0n) is 18.0. The Morgan fingerprint density at radius 1 is 0.812 bits per heavy atom. The van der Waals surface area contributed by atoms with E-state index >= 15 is 0 Å². The number of benzene rings is 4. The van der Waals surface area contributed by atoms with Crippen LogP contribution in [0.2, 0.25) is 0 Å². The van der Waals surface area contributed by atoms with Crippen molar-refractivity contribution in [3.8, 4) is 17.2 Å². The molecule has 32 heavy (non-hydrogen) atoms. The van der Waals surface area contributed by atoms with Gasteiger partial charge in [0.05, 0.1) is 7.11 Å². The molecule has 3 nitrogen and oxygen atoms in total. The molecule has 0 saturated heterocycles. The highest BCUT2D eigenvalue weighted by Gasteiger charge is 2.44. The Morgan fingerprint density at radius 2 is 1.62 bits per heavy atom. The fourth-order valence-corrected chi connectivity index (χ4v) is 4.73. The minimum absolute atomic E-state index is 0.739. The van der Waals surface area contributed by atoms with Crippen molar-refractivity contribution in [2.75, 3.05) is 7.11 Å². The summed E-state index contributed by atoms with van der Waals surface area (Å²) in [4.78, 5) is 0. The second-order valence-electron chi connectivity index (χ2n) is 8.15. The van der Waals surface area contributed by atoms with Gasteiger partial charge in [-0.1, -0.05) is 60.7 Å². The van der Waals surface area contributed by atoms with Crippen LogP contribution < -0.4 is 14.2 Å². The molecule has 1 spiro atoms. The number of rotatable bonds is 2. The standard InChI is InChI=1S/C29H22O3/c1-19-28(21-9-4-3-5-10-21)31-27-18-22(30-2)13-14-25(27)29(19)17-16-24-23-11-7-6-8-20(23)12-15-26(24)32-29/h3-18H,1-2H3. The Kier molecular flexibility index (Phi) is 4.12. The molecular formula is C29H22O3. The zero-order valence-corrected chi connectivity index (χ0v) is 18.0. The number of hydrogen-bond donors (Lipinski definition) is 0. The van der Waals surface area contributed by atoms with Crippen molar-refractivity contribution >= 4 is 22.6 Å². The highest BCUT2D eigenvalue weighted by Crippen LogP contribution is 2.52. The fourth-order valence-electron chi connectivity index (χ4n) is 4.73. The quantitative estimate of drug-likeness (QED) is 0.352. The molecule has 3 heteroatoms. The van der Waals surface area contributed by atoms with Gasteiger partial charge in [0.1, 0.15) is 23.0 Å². The SMILES string of the molecule is COc1ccc2c(c1)OC(c1ccccc1)=C(C)C21C=Cc2c(ccc3ccccc23)O1. The van der Waals surface area contributed by atoms with E-state index in [4.69, 9.17) is 14.2 Å². The molecule has 156 valence electrons. The third kappa shape index (κ3) is 2.68. The zero-order chi connectivity index (χ0) is 21.7. The van der Waals surface area contributed by atoms with Crippen LogP contribution in [0.1, 0.15) is 23.6 Å². The number of hydrogen-bond acceptors (Lipinski definition) is 3. The summed E-state index contributed by atoms with van der Waals surface area (Å²) in [6.07, 6.45) is 4.35. The smallest absolute Gasteiger partial charge is 0.181 e. The summed E-state index contributed by atoms with van der Waals surface area (Å²) in [6.45, 7) is 2.09. The van der Waals surface area contributed by atoms with Gasteiger partial charge in [-0.05, 0) is 48.0 Å². The lowest BCUT2D eigenvalue weighted by Crippen LogP contribution is -2.38. The molecular weight excluding hydrogens is 396 g/mol. The van der Waals surface area contributed by atoms with Gasteiger partial charge in [-0.25, -0.2) is 0 Å². The molecule has 6 rings (SSSR count). The molecule has 0 saturated carbocycles. The summed E-state index contributed by atoms with van der Waals surface area (Å²) >= 11 is 0. The molecule has 0 bridgehead atoms. The maximum atomic E-state index is 6.87. The normalized spacial score (nSPS) is 18.7. The monoisotopic (exact) mass is 418 g/mol. The van der Waals surface area contributed by atoms with Gasteiger partial charge in [0, 0.05) is 28.3 Å².